The Bertz CT molecular complexity index is 821. The van der Waals surface area contributed by atoms with Crippen molar-refractivity contribution in [3.05, 3.63) is 58.7 Å². The third-order valence-corrected chi connectivity index (χ3v) is 7.49. The van der Waals surface area contributed by atoms with Gasteiger partial charge in [0.2, 0.25) is 0 Å². The van der Waals surface area contributed by atoms with Crippen LogP contribution in [0.2, 0.25) is 0 Å². The van der Waals surface area contributed by atoms with Crippen LogP contribution >= 0.6 is 8.15 Å². The molecule has 2 aromatic rings. The molecule has 0 saturated heterocycles. The molecule has 1 nitrogen and oxygen atoms in total. The fourth-order valence-electron chi connectivity index (χ4n) is 3.71. The maximum Gasteiger partial charge on any atom is 0.0883 e. The fourth-order valence-corrected chi connectivity index (χ4v) is 5.65. The van der Waals surface area contributed by atoms with Gasteiger partial charge in [-0.2, -0.15) is 0 Å². The fraction of sp³-hybridized carbons (Fsp3) is 0.571. The Labute approximate surface area is 187 Å². The summed E-state index contributed by atoms with van der Waals surface area (Å²) < 4.78 is 0. The van der Waals surface area contributed by atoms with Crippen molar-refractivity contribution in [3.63, 3.8) is 0 Å². The van der Waals surface area contributed by atoms with E-state index in [2.05, 4.69) is 119 Å². The van der Waals surface area contributed by atoms with Crippen molar-refractivity contribution < 1.29 is 4.89 Å². The van der Waals surface area contributed by atoms with E-state index in [1.54, 1.807) is 0 Å². The zero-order valence-electron chi connectivity index (χ0n) is 21.4. The average molecular weight is 427 g/mol. The second-order valence-corrected chi connectivity index (χ2v) is 14.4. The van der Waals surface area contributed by atoms with Crippen molar-refractivity contribution in [1.29, 1.82) is 0 Å². The summed E-state index contributed by atoms with van der Waals surface area (Å²) in [5.41, 5.74) is 5.24. The van der Waals surface area contributed by atoms with E-state index in [-0.39, 0.29) is 21.7 Å². The molecule has 2 heteroatoms. The molecule has 30 heavy (non-hydrogen) atoms. The molecule has 0 saturated carbocycles. The van der Waals surface area contributed by atoms with Crippen LogP contribution in [-0.2, 0) is 21.7 Å². The minimum Gasteiger partial charge on any atom is -0.364 e. The zero-order chi connectivity index (χ0) is 23.3. The van der Waals surface area contributed by atoms with Gasteiger partial charge < -0.3 is 4.89 Å². The van der Waals surface area contributed by atoms with E-state index >= 15 is 0 Å². The highest BCUT2D eigenvalue weighted by molar-refractivity contribution is 7.67. The van der Waals surface area contributed by atoms with Crippen LogP contribution in [0.3, 0.4) is 0 Å². The predicted octanol–water partition coefficient (Wildman–Crippen LogP) is 7.22. The van der Waals surface area contributed by atoms with Crippen LogP contribution in [0.1, 0.15) is 105 Å². The van der Waals surface area contributed by atoms with Gasteiger partial charge in [-0.15, -0.1) is 0 Å². The predicted molar refractivity (Wildman–Crippen MR) is 136 cm³/mol. The van der Waals surface area contributed by atoms with Crippen LogP contribution in [0.5, 0.6) is 0 Å². The lowest BCUT2D eigenvalue weighted by Gasteiger charge is -2.32. The molecular formula is C28H43OP. The molecule has 0 aliphatic heterocycles. The summed E-state index contributed by atoms with van der Waals surface area (Å²) in [4.78, 5) is 11.7. The van der Waals surface area contributed by atoms with Gasteiger partial charge in [-0.25, -0.2) is 0 Å². The number of hydrogen-bond acceptors (Lipinski definition) is 1. The maximum atomic E-state index is 11.7. The lowest BCUT2D eigenvalue weighted by molar-refractivity contribution is 0.568. The Hall–Kier alpha value is -1.17. The van der Waals surface area contributed by atoms with E-state index in [9.17, 15) is 4.89 Å². The largest absolute Gasteiger partial charge is 0.364 e. The highest BCUT2D eigenvalue weighted by Crippen LogP contribution is 2.40. The topological polar surface area (TPSA) is 20.2 Å². The molecule has 1 N–H and O–H groups in total. The minimum absolute atomic E-state index is 0.0346. The molecule has 0 aromatic heterocycles. The molecule has 0 fully saturated rings. The standard InChI is InChI=1S/C28H43OP/c1-25(2,3)19-13-15-23(21(17-19)27(7,8)9)30(29)24-16-14-20(26(4,5)6)18-22(24)28(10,11)12/h13-18,29H,1-12H3. The molecule has 2 rings (SSSR count). The van der Waals surface area contributed by atoms with Gasteiger partial charge in [0.15, 0.2) is 0 Å². The molecule has 0 aliphatic rings. The molecule has 0 radical (unpaired) electrons. The summed E-state index contributed by atoms with van der Waals surface area (Å²) in [5.74, 6) is 0. The molecule has 0 atom stereocenters. The van der Waals surface area contributed by atoms with Gasteiger partial charge in [0.1, 0.15) is 0 Å². The summed E-state index contributed by atoms with van der Waals surface area (Å²) in [7, 11) is -1.44. The van der Waals surface area contributed by atoms with Crippen LogP contribution in [-0.4, -0.2) is 4.89 Å². The normalized spacial score (nSPS) is 13.8. The van der Waals surface area contributed by atoms with Crippen molar-refractivity contribution in [1.82, 2.24) is 0 Å². The van der Waals surface area contributed by atoms with Crippen LogP contribution in [0.15, 0.2) is 36.4 Å². The first kappa shape index (κ1) is 25.1. The van der Waals surface area contributed by atoms with E-state index in [4.69, 9.17) is 0 Å². The Balaban J connectivity index is 2.73. The van der Waals surface area contributed by atoms with E-state index in [1.165, 1.54) is 22.3 Å². The number of benzene rings is 2. The summed E-state index contributed by atoms with van der Waals surface area (Å²) in [6.45, 7) is 27.0. The molecule has 0 spiro atoms. The van der Waals surface area contributed by atoms with E-state index in [1.807, 2.05) is 0 Å². The van der Waals surface area contributed by atoms with Crippen LogP contribution in [0.4, 0.5) is 0 Å². The molecule has 0 amide bonds. The van der Waals surface area contributed by atoms with Crippen molar-refractivity contribution in [2.45, 2.75) is 105 Å². The molecule has 0 bridgehead atoms. The van der Waals surface area contributed by atoms with Crippen LogP contribution in [0.25, 0.3) is 0 Å². The summed E-state index contributed by atoms with van der Waals surface area (Å²) in [5, 5.41) is 2.17. The third kappa shape index (κ3) is 5.54. The monoisotopic (exact) mass is 426 g/mol. The summed E-state index contributed by atoms with van der Waals surface area (Å²) in [6, 6.07) is 13.4. The molecule has 0 unspecified atom stereocenters. The lowest BCUT2D eigenvalue weighted by Crippen LogP contribution is -2.30. The summed E-state index contributed by atoms with van der Waals surface area (Å²) >= 11 is 0. The van der Waals surface area contributed by atoms with Gasteiger partial charge in [-0.1, -0.05) is 119 Å². The Morgan fingerprint density at radius 1 is 0.500 bits per heavy atom. The Morgan fingerprint density at radius 2 is 0.800 bits per heavy atom. The van der Waals surface area contributed by atoms with E-state index in [0.29, 0.717) is 0 Å². The first-order valence-electron chi connectivity index (χ1n) is 11.1. The average Bonchev–Trinajstić information content (AvgIpc) is 2.57. The first-order valence-corrected chi connectivity index (χ1v) is 12.4. The van der Waals surface area contributed by atoms with Gasteiger partial charge in [-0.05, 0) is 43.9 Å². The van der Waals surface area contributed by atoms with Crippen LogP contribution in [0, 0.1) is 0 Å². The third-order valence-electron chi connectivity index (χ3n) is 5.80. The highest BCUT2D eigenvalue weighted by atomic mass is 31.1. The SMILES string of the molecule is CC(C)(C)c1ccc(P(O)c2ccc(C(C)(C)C)cc2C(C)(C)C)c(C(C)(C)C)c1. The van der Waals surface area contributed by atoms with Crippen molar-refractivity contribution >= 4 is 18.8 Å². The van der Waals surface area contributed by atoms with Gasteiger partial charge in [0, 0.05) is 10.6 Å². The van der Waals surface area contributed by atoms with E-state index < -0.39 is 8.15 Å². The maximum absolute atomic E-state index is 11.7. The highest BCUT2D eigenvalue weighted by Gasteiger charge is 2.30. The molecule has 166 valence electrons. The Morgan fingerprint density at radius 3 is 1.03 bits per heavy atom. The van der Waals surface area contributed by atoms with Gasteiger partial charge in [0.25, 0.3) is 0 Å². The number of rotatable bonds is 2. The van der Waals surface area contributed by atoms with Crippen molar-refractivity contribution in [2.75, 3.05) is 0 Å². The molecule has 2 aromatic carbocycles. The van der Waals surface area contributed by atoms with Crippen molar-refractivity contribution in [2.24, 2.45) is 0 Å². The molecular weight excluding hydrogens is 383 g/mol. The molecule has 0 aliphatic carbocycles. The summed E-state index contributed by atoms with van der Waals surface area (Å²) in [6.07, 6.45) is 0. The van der Waals surface area contributed by atoms with Crippen LogP contribution < -0.4 is 10.6 Å². The second kappa shape index (κ2) is 8.07. The smallest absolute Gasteiger partial charge is 0.0883 e. The number of hydrogen-bond donors (Lipinski definition) is 1. The Kier molecular flexibility index (Phi) is 6.75. The quantitative estimate of drug-likeness (QED) is 0.503. The van der Waals surface area contributed by atoms with Gasteiger partial charge in [-0.3, -0.25) is 0 Å². The van der Waals surface area contributed by atoms with Gasteiger partial charge >= 0.3 is 0 Å². The lowest BCUT2D eigenvalue weighted by atomic mass is 9.80. The van der Waals surface area contributed by atoms with Crippen molar-refractivity contribution in [3.8, 4) is 0 Å². The van der Waals surface area contributed by atoms with Gasteiger partial charge in [0.05, 0.1) is 8.15 Å². The zero-order valence-corrected chi connectivity index (χ0v) is 22.3. The first-order chi connectivity index (χ1) is 13.3. The molecule has 0 heterocycles. The second-order valence-electron chi connectivity index (χ2n) is 12.8. The minimum atomic E-state index is -1.44. The van der Waals surface area contributed by atoms with E-state index in [0.717, 1.165) is 10.6 Å².